The highest BCUT2D eigenvalue weighted by Gasteiger charge is 2.34. The lowest BCUT2D eigenvalue weighted by atomic mass is 9.92. The maximum Gasteiger partial charge on any atom is 0.418 e. The summed E-state index contributed by atoms with van der Waals surface area (Å²) in [5.41, 5.74) is 1.07. The van der Waals surface area contributed by atoms with Gasteiger partial charge in [-0.2, -0.15) is 18.3 Å². The van der Waals surface area contributed by atoms with Gasteiger partial charge in [0.25, 0.3) is 0 Å². The van der Waals surface area contributed by atoms with E-state index in [4.69, 9.17) is 12.2 Å². The summed E-state index contributed by atoms with van der Waals surface area (Å²) in [6.07, 6.45) is -2.26. The molecule has 4 rings (SSSR count). The lowest BCUT2D eigenvalue weighted by molar-refractivity contribution is -0.136. The first kappa shape index (κ1) is 23.0. The van der Waals surface area contributed by atoms with Crippen LogP contribution in [0.15, 0.2) is 54.7 Å². The number of halogens is 3. The van der Waals surface area contributed by atoms with Crippen molar-refractivity contribution in [2.24, 2.45) is 5.41 Å². The summed E-state index contributed by atoms with van der Waals surface area (Å²) < 4.78 is 43.1. The maximum atomic E-state index is 13.7. The predicted octanol–water partition coefficient (Wildman–Crippen LogP) is 7.01. The lowest BCUT2D eigenvalue weighted by Crippen LogP contribution is -2.14. The summed E-state index contributed by atoms with van der Waals surface area (Å²) in [4.78, 5) is 4.22. The van der Waals surface area contributed by atoms with E-state index in [1.807, 2.05) is 30.3 Å². The van der Waals surface area contributed by atoms with Gasteiger partial charge in [-0.15, -0.1) is 0 Å². The van der Waals surface area contributed by atoms with Crippen molar-refractivity contribution in [1.29, 1.82) is 0 Å². The maximum absolute atomic E-state index is 13.7. The molecule has 2 N–H and O–H groups in total. The van der Waals surface area contributed by atoms with Gasteiger partial charge in [-0.3, -0.25) is 14.6 Å². The SMILES string of the molecule is CC(C)(C)CCNc1c(-c2n[nH]c(=S)n2-c2ccccc2)cnc2c(C(F)(F)F)cccc12. The quantitative estimate of drug-likeness (QED) is 0.307. The molecule has 0 fully saturated rings. The van der Waals surface area contributed by atoms with Crippen LogP contribution in [0.2, 0.25) is 0 Å². The molecule has 0 saturated carbocycles. The molecule has 0 radical (unpaired) electrons. The molecule has 2 heterocycles. The van der Waals surface area contributed by atoms with Gasteiger partial charge in [0.15, 0.2) is 10.6 Å². The van der Waals surface area contributed by atoms with Crippen molar-refractivity contribution in [3.05, 3.63) is 65.1 Å². The summed E-state index contributed by atoms with van der Waals surface area (Å²) in [6, 6.07) is 13.5. The van der Waals surface area contributed by atoms with Gasteiger partial charge in [0.05, 0.1) is 22.3 Å². The van der Waals surface area contributed by atoms with Crippen LogP contribution in [0, 0.1) is 10.2 Å². The minimum Gasteiger partial charge on any atom is -0.384 e. The van der Waals surface area contributed by atoms with E-state index in [9.17, 15) is 13.2 Å². The van der Waals surface area contributed by atoms with Crippen LogP contribution in [0.1, 0.15) is 32.8 Å². The highest BCUT2D eigenvalue weighted by atomic mass is 32.1. The van der Waals surface area contributed by atoms with Gasteiger partial charge in [-0.1, -0.05) is 51.1 Å². The molecule has 0 aliphatic rings. The zero-order chi connectivity index (χ0) is 23.8. The summed E-state index contributed by atoms with van der Waals surface area (Å²) in [5.74, 6) is 0.469. The minimum absolute atomic E-state index is 0.0528. The van der Waals surface area contributed by atoms with Crippen molar-refractivity contribution in [3.63, 3.8) is 0 Å². The standard InChI is InChI=1S/C24H24F3N5S/c1-23(2,3)12-13-28-19-16-10-7-11-18(24(25,26)27)20(16)29-14-17(19)21-30-31-22(33)32(21)15-8-5-4-6-9-15/h4-11,14H,12-13H2,1-3H3,(H,28,29)(H,31,33). The molecule has 2 aromatic heterocycles. The number of hydrogen-bond donors (Lipinski definition) is 2. The van der Waals surface area contributed by atoms with Crippen LogP contribution in [-0.2, 0) is 6.18 Å². The van der Waals surface area contributed by atoms with Gasteiger partial charge < -0.3 is 5.32 Å². The van der Waals surface area contributed by atoms with Crippen molar-refractivity contribution in [2.75, 3.05) is 11.9 Å². The van der Waals surface area contributed by atoms with Crippen LogP contribution in [0.5, 0.6) is 0 Å². The number of benzene rings is 2. The second-order valence-corrected chi connectivity index (χ2v) is 9.39. The molecule has 9 heteroatoms. The van der Waals surface area contributed by atoms with Crippen LogP contribution < -0.4 is 5.32 Å². The van der Waals surface area contributed by atoms with Crippen LogP contribution >= 0.6 is 12.2 Å². The molecule has 0 atom stereocenters. The second kappa shape index (κ2) is 8.62. The van der Waals surface area contributed by atoms with Gasteiger partial charge in [0, 0.05) is 23.8 Å². The molecule has 0 spiro atoms. The fraction of sp³-hybridized carbons (Fsp3) is 0.292. The van der Waals surface area contributed by atoms with E-state index in [-0.39, 0.29) is 10.9 Å². The highest BCUT2D eigenvalue weighted by Crippen LogP contribution is 2.39. The largest absolute Gasteiger partial charge is 0.418 e. The molecule has 2 aromatic carbocycles. The molecule has 33 heavy (non-hydrogen) atoms. The fourth-order valence-electron chi connectivity index (χ4n) is 3.67. The Morgan fingerprint density at radius 2 is 1.76 bits per heavy atom. The zero-order valence-electron chi connectivity index (χ0n) is 18.5. The molecule has 0 aliphatic carbocycles. The Hall–Kier alpha value is -3.20. The lowest BCUT2D eigenvalue weighted by Gasteiger charge is -2.21. The van der Waals surface area contributed by atoms with Gasteiger partial charge in [-0.05, 0) is 42.3 Å². The van der Waals surface area contributed by atoms with Gasteiger partial charge in [0.2, 0.25) is 0 Å². The Balaban J connectivity index is 1.94. The fourth-order valence-corrected chi connectivity index (χ4v) is 3.91. The van der Waals surface area contributed by atoms with Gasteiger partial charge in [-0.25, -0.2) is 0 Å². The minimum atomic E-state index is -4.51. The Kier molecular flexibility index (Phi) is 6.00. The molecular weight excluding hydrogens is 447 g/mol. The van der Waals surface area contributed by atoms with Crippen molar-refractivity contribution in [3.8, 4) is 17.1 Å². The predicted molar refractivity (Wildman–Crippen MR) is 127 cm³/mol. The summed E-state index contributed by atoms with van der Waals surface area (Å²) in [7, 11) is 0. The molecule has 172 valence electrons. The number of anilines is 1. The Morgan fingerprint density at radius 3 is 2.42 bits per heavy atom. The number of hydrogen-bond acceptors (Lipinski definition) is 4. The van der Waals surface area contributed by atoms with Crippen molar-refractivity contribution in [1.82, 2.24) is 19.7 Å². The van der Waals surface area contributed by atoms with E-state index >= 15 is 0 Å². The third kappa shape index (κ3) is 4.78. The molecule has 0 amide bonds. The first-order chi connectivity index (χ1) is 15.6. The normalized spacial score (nSPS) is 12.3. The van der Waals surface area contributed by atoms with E-state index < -0.39 is 11.7 Å². The number of nitrogens with one attached hydrogen (secondary N) is 2. The van der Waals surface area contributed by atoms with Gasteiger partial charge >= 0.3 is 6.18 Å². The number of aromatic amines is 1. The molecule has 4 aromatic rings. The monoisotopic (exact) mass is 471 g/mol. The molecule has 0 saturated heterocycles. The van der Waals surface area contributed by atoms with Crippen LogP contribution in [-0.4, -0.2) is 26.3 Å². The Bertz CT molecular complexity index is 1330. The molecular formula is C24H24F3N5S. The molecule has 0 unspecified atom stereocenters. The van der Waals surface area contributed by atoms with Crippen molar-refractivity contribution >= 4 is 28.8 Å². The van der Waals surface area contributed by atoms with Crippen LogP contribution in [0.3, 0.4) is 0 Å². The first-order valence-electron chi connectivity index (χ1n) is 10.5. The summed E-state index contributed by atoms with van der Waals surface area (Å²) in [5, 5.41) is 11.0. The Labute approximate surface area is 194 Å². The van der Waals surface area contributed by atoms with E-state index in [1.165, 1.54) is 12.3 Å². The molecule has 5 nitrogen and oxygen atoms in total. The summed E-state index contributed by atoms with van der Waals surface area (Å²) in [6.45, 7) is 6.91. The summed E-state index contributed by atoms with van der Waals surface area (Å²) >= 11 is 5.46. The van der Waals surface area contributed by atoms with Crippen molar-refractivity contribution in [2.45, 2.75) is 33.4 Å². The molecule has 0 bridgehead atoms. The highest BCUT2D eigenvalue weighted by molar-refractivity contribution is 7.71. The van der Waals surface area contributed by atoms with Gasteiger partial charge in [0.1, 0.15) is 0 Å². The molecule has 0 aliphatic heterocycles. The third-order valence-electron chi connectivity index (χ3n) is 5.31. The smallest absolute Gasteiger partial charge is 0.384 e. The number of H-pyrrole nitrogens is 1. The van der Waals surface area contributed by atoms with Crippen molar-refractivity contribution < 1.29 is 13.2 Å². The van der Waals surface area contributed by atoms with Crippen LogP contribution in [0.4, 0.5) is 18.9 Å². The average Bonchev–Trinajstić information content (AvgIpc) is 3.13. The first-order valence-corrected chi connectivity index (χ1v) is 10.9. The average molecular weight is 472 g/mol. The topological polar surface area (TPSA) is 58.5 Å². The zero-order valence-corrected chi connectivity index (χ0v) is 19.3. The Morgan fingerprint density at radius 1 is 1.03 bits per heavy atom. The van der Waals surface area contributed by atoms with E-state index in [2.05, 4.69) is 41.3 Å². The number of rotatable bonds is 5. The van der Waals surface area contributed by atoms with E-state index in [1.54, 1.807) is 10.6 Å². The number of nitrogens with zero attached hydrogens (tertiary/aromatic N) is 3. The number of fused-ring (bicyclic) bond motifs is 1. The van der Waals surface area contributed by atoms with E-state index in [0.717, 1.165) is 18.2 Å². The number of aromatic nitrogens is 4. The second-order valence-electron chi connectivity index (χ2n) is 9.01. The number of alkyl halides is 3. The van der Waals surface area contributed by atoms with Crippen LogP contribution in [0.25, 0.3) is 28.0 Å². The third-order valence-corrected chi connectivity index (χ3v) is 5.58. The van der Waals surface area contributed by atoms with E-state index in [0.29, 0.717) is 33.8 Å². The number of para-hydroxylation sites is 2. The number of pyridine rings is 1.